The predicted octanol–water partition coefficient (Wildman–Crippen LogP) is 4.80. The molecular weight excluding hydrogens is 333 g/mol. The zero-order valence-corrected chi connectivity index (χ0v) is 13.2. The molecule has 0 radical (unpaired) electrons. The first-order chi connectivity index (χ1) is 10.1. The van der Waals surface area contributed by atoms with Gasteiger partial charge in [0.1, 0.15) is 5.82 Å². The fraction of sp³-hybridized carbons (Fsp3) is 0.118. The summed E-state index contributed by atoms with van der Waals surface area (Å²) in [6, 6.07) is 11.7. The van der Waals surface area contributed by atoms with Gasteiger partial charge in [-0.15, -0.1) is 0 Å². The summed E-state index contributed by atoms with van der Waals surface area (Å²) in [5.74, 6) is -0.504. The van der Waals surface area contributed by atoms with Gasteiger partial charge in [-0.3, -0.25) is 4.79 Å². The maximum absolute atomic E-state index is 12.8. The van der Waals surface area contributed by atoms with Crippen LogP contribution in [0, 0.1) is 5.82 Å². The number of aryl methyl sites for hydroxylation is 1. The van der Waals surface area contributed by atoms with Gasteiger partial charge in [0.25, 0.3) is 0 Å². The molecule has 2 aromatic carbocycles. The van der Waals surface area contributed by atoms with Crippen LogP contribution in [0.2, 0.25) is 0 Å². The molecule has 2 nitrogen and oxygen atoms in total. The lowest BCUT2D eigenvalue weighted by Gasteiger charge is -2.08. The molecule has 0 aliphatic rings. The van der Waals surface area contributed by atoms with E-state index in [9.17, 15) is 9.18 Å². The third kappa shape index (κ3) is 4.53. The van der Waals surface area contributed by atoms with E-state index in [1.165, 1.54) is 18.2 Å². The molecule has 1 N–H and O–H groups in total. The van der Waals surface area contributed by atoms with Crippen LogP contribution in [0.1, 0.15) is 18.1 Å². The molecular formula is C17H15BrFNO. The maximum atomic E-state index is 12.8. The summed E-state index contributed by atoms with van der Waals surface area (Å²) in [4.78, 5) is 11.9. The summed E-state index contributed by atoms with van der Waals surface area (Å²) in [5.41, 5.74) is 2.64. The standard InChI is InChI=1S/C17H15BrFNO/c1-2-13-11-14(18)6-9-16(13)20-17(21)10-5-12-3-7-15(19)8-4-12/h3-11H,2H2,1H3,(H,20,21)/b10-5+. The first kappa shape index (κ1) is 15.4. The van der Waals surface area contributed by atoms with Crippen molar-refractivity contribution in [3.63, 3.8) is 0 Å². The number of carbonyl (C=O) groups is 1. The summed E-state index contributed by atoms with van der Waals surface area (Å²) in [6.45, 7) is 2.03. The van der Waals surface area contributed by atoms with Crippen molar-refractivity contribution in [1.82, 2.24) is 0 Å². The largest absolute Gasteiger partial charge is 0.322 e. The molecule has 108 valence electrons. The Bertz CT molecular complexity index is 665. The van der Waals surface area contributed by atoms with Crippen molar-refractivity contribution in [1.29, 1.82) is 0 Å². The Balaban J connectivity index is 2.06. The lowest BCUT2D eigenvalue weighted by atomic mass is 10.1. The number of halogens is 2. The van der Waals surface area contributed by atoms with E-state index >= 15 is 0 Å². The van der Waals surface area contributed by atoms with Gasteiger partial charge in [-0.1, -0.05) is 35.0 Å². The molecule has 0 aliphatic carbocycles. The van der Waals surface area contributed by atoms with E-state index in [2.05, 4.69) is 21.2 Å². The van der Waals surface area contributed by atoms with Crippen LogP contribution < -0.4 is 5.32 Å². The van der Waals surface area contributed by atoms with Crippen LogP contribution in [-0.2, 0) is 11.2 Å². The van der Waals surface area contributed by atoms with Crippen molar-refractivity contribution >= 4 is 33.6 Å². The second-order valence-electron chi connectivity index (χ2n) is 4.53. The number of anilines is 1. The molecule has 2 aromatic rings. The number of hydrogen-bond acceptors (Lipinski definition) is 1. The summed E-state index contributed by atoms with van der Waals surface area (Å²) < 4.78 is 13.8. The molecule has 4 heteroatoms. The highest BCUT2D eigenvalue weighted by Gasteiger charge is 2.04. The highest BCUT2D eigenvalue weighted by Crippen LogP contribution is 2.21. The maximum Gasteiger partial charge on any atom is 0.248 e. The second kappa shape index (κ2) is 7.18. The van der Waals surface area contributed by atoms with E-state index in [1.807, 2.05) is 25.1 Å². The molecule has 0 atom stereocenters. The van der Waals surface area contributed by atoms with Crippen molar-refractivity contribution in [2.24, 2.45) is 0 Å². The number of amides is 1. The van der Waals surface area contributed by atoms with Crippen LogP contribution in [-0.4, -0.2) is 5.91 Å². The van der Waals surface area contributed by atoms with Crippen molar-refractivity contribution in [3.8, 4) is 0 Å². The minimum absolute atomic E-state index is 0.212. The Morgan fingerprint density at radius 2 is 1.95 bits per heavy atom. The summed E-state index contributed by atoms with van der Waals surface area (Å²) in [6.07, 6.45) is 3.92. The molecule has 0 saturated carbocycles. The molecule has 0 bridgehead atoms. The Morgan fingerprint density at radius 3 is 2.62 bits per heavy atom. The lowest BCUT2D eigenvalue weighted by Crippen LogP contribution is -2.09. The predicted molar refractivity (Wildman–Crippen MR) is 87.6 cm³/mol. The quantitative estimate of drug-likeness (QED) is 0.790. The molecule has 0 aliphatic heterocycles. The third-order valence-electron chi connectivity index (χ3n) is 3.00. The van der Waals surface area contributed by atoms with Crippen LogP contribution in [0.25, 0.3) is 6.08 Å². The topological polar surface area (TPSA) is 29.1 Å². The number of carbonyl (C=O) groups excluding carboxylic acids is 1. The molecule has 0 aromatic heterocycles. The SMILES string of the molecule is CCc1cc(Br)ccc1NC(=O)/C=C/c1ccc(F)cc1. The Labute approximate surface area is 131 Å². The minimum atomic E-state index is -0.293. The zero-order chi connectivity index (χ0) is 15.2. The summed E-state index contributed by atoms with van der Waals surface area (Å²) in [5, 5.41) is 2.85. The fourth-order valence-electron chi connectivity index (χ4n) is 1.90. The van der Waals surface area contributed by atoms with Gasteiger partial charge in [-0.25, -0.2) is 4.39 Å². The Kier molecular flexibility index (Phi) is 5.28. The van der Waals surface area contributed by atoms with Crippen LogP contribution >= 0.6 is 15.9 Å². The van der Waals surface area contributed by atoms with Gasteiger partial charge in [0, 0.05) is 16.2 Å². The average molecular weight is 348 g/mol. The fourth-order valence-corrected chi connectivity index (χ4v) is 2.31. The summed E-state index contributed by atoms with van der Waals surface area (Å²) in [7, 11) is 0. The van der Waals surface area contributed by atoms with Crippen molar-refractivity contribution < 1.29 is 9.18 Å². The number of benzene rings is 2. The molecule has 21 heavy (non-hydrogen) atoms. The summed E-state index contributed by atoms with van der Waals surface area (Å²) >= 11 is 3.41. The zero-order valence-electron chi connectivity index (χ0n) is 11.6. The minimum Gasteiger partial charge on any atom is -0.322 e. The number of nitrogens with one attached hydrogen (secondary N) is 1. The Morgan fingerprint density at radius 1 is 1.24 bits per heavy atom. The van der Waals surface area contributed by atoms with Gasteiger partial charge in [0.05, 0.1) is 0 Å². The van der Waals surface area contributed by atoms with Crippen LogP contribution in [0.5, 0.6) is 0 Å². The van der Waals surface area contributed by atoms with Crippen LogP contribution in [0.4, 0.5) is 10.1 Å². The monoisotopic (exact) mass is 347 g/mol. The first-order valence-corrected chi connectivity index (χ1v) is 7.41. The van der Waals surface area contributed by atoms with E-state index in [0.29, 0.717) is 0 Å². The lowest BCUT2D eigenvalue weighted by molar-refractivity contribution is -0.111. The van der Waals surface area contributed by atoms with E-state index in [-0.39, 0.29) is 11.7 Å². The highest BCUT2D eigenvalue weighted by molar-refractivity contribution is 9.10. The van der Waals surface area contributed by atoms with Gasteiger partial charge < -0.3 is 5.32 Å². The normalized spacial score (nSPS) is 10.8. The Hall–Kier alpha value is -1.94. The molecule has 0 fully saturated rings. The van der Waals surface area contributed by atoms with Crippen molar-refractivity contribution in [2.45, 2.75) is 13.3 Å². The van der Waals surface area contributed by atoms with Gasteiger partial charge in [-0.2, -0.15) is 0 Å². The van der Waals surface area contributed by atoms with E-state index < -0.39 is 0 Å². The van der Waals surface area contributed by atoms with Crippen LogP contribution in [0.15, 0.2) is 53.0 Å². The van der Waals surface area contributed by atoms with Gasteiger partial charge in [-0.05, 0) is 54.0 Å². The van der Waals surface area contributed by atoms with E-state index in [4.69, 9.17) is 0 Å². The molecule has 1 amide bonds. The first-order valence-electron chi connectivity index (χ1n) is 6.61. The van der Waals surface area contributed by atoms with Gasteiger partial charge in [0.2, 0.25) is 5.91 Å². The van der Waals surface area contributed by atoms with E-state index in [0.717, 1.165) is 27.7 Å². The van der Waals surface area contributed by atoms with Gasteiger partial charge >= 0.3 is 0 Å². The van der Waals surface area contributed by atoms with Gasteiger partial charge in [0.15, 0.2) is 0 Å². The van der Waals surface area contributed by atoms with Crippen molar-refractivity contribution in [3.05, 3.63) is 70.0 Å². The smallest absolute Gasteiger partial charge is 0.248 e. The second-order valence-corrected chi connectivity index (χ2v) is 5.44. The number of hydrogen-bond donors (Lipinski definition) is 1. The highest BCUT2D eigenvalue weighted by atomic mass is 79.9. The molecule has 0 unspecified atom stereocenters. The molecule has 2 rings (SSSR count). The van der Waals surface area contributed by atoms with E-state index in [1.54, 1.807) is 18.2 Å². The van der Waals surface area contributed by atoms with Crippen molar-refractivity contribution in [2.75, 3.05) is 5.32 Å². The van der Waals surface area contributed by atoms with Crippen LogP contribution in [0.3, 0.4) is 0 Å². The molecule has 0 heterocycles. The molecule has 0 spiro atoms. The third-order valence-corrected chi connectivity index (χ3v) is 3.50. The molecule has 0 saturated heterocycles. The number of rotatable bonds is 4. The average Bonchev–Trinajstić information content (AvgIpc) is 2.48.